The summed E-state index contributed by atoms with van der Waals surface area (Å²) >= 11 is 5.08. The van der Waals surface area contributed by atoms with Gasteiger partial charge in [0.1, 0.15) is 29.9 Å². The second-order valence-electron chi connectivity index (χ2n) is 16.0. The summed E-state index contributed by atoms with van der Waals surface area (Å²) in [7, 11) is -3.60. The first-order valence-corrected chi connectivity index (χ1v) is 25.4. The van der Waals surface area contributed by atoms with Crippen LogP contribution >= 0.6 is 12.2 Å². The Morgan fingerprint density at radius 3 is 1.58 bits per heavy atom. The zero-order chi connectivity index (χ0) is 58.5. The topological polar surface area (TPSA) is 226 Å². The van der Waals surface area contributed by atoms with Crippen LogP contribution in [0.5, 0.6) is 0 Å². The van der Waals surface area contributed by atoms with Gasteiger partial charge >= 0.3 is 11.9 Å². The number of urea groups is 1. The number of allylic oxidation sites excluding steroid dienone is 7. The molecule has 2 saturated heterocycles. The molecule has 6 amide bonds. The van der Waals surface area contributed by atoms with Gasteiger partial charge in [0.2, 0.25) is 21.3 Å². The van der Waals surface area contributed by atoms with Gasteiger partial charge in [0.05, 0.1) is 33.9 Å². The first kappa shape index (κ1) is 63.7. The highest BCUT2D eigenvalue weighted by Gasteiger charge is 2.42. The Balaban J connectivity index is 0.000000331. The molecule has 2 fully saturated rings. The molecule has 0 N–H and O–H groups in total. The third kappa shape index (κ3) is 14.1. The van der Waals surface area contributed by atoms with E-state index in [-0.39, 0.29) is 80.1 Å². The second kappa shape index (κ2) is 28.9. The van der Waals surface area contributed by atoms with Crippen molar-refractivity contribution >= 4 is 74.2 Å². The molecule has 2 aromatic carbocycles. The van der Waals surface area contributed by atoms with E-state index < -0.39 is 38.2 Å². The van der Waals surface area contributed by atoms with Gasteiger partial charge < -0.3 is 4.74 Å². The first-order chi connectivity index (χ1) is 36.5. The van der Waals surface area contributed by atoms with Gasteiger partial charge in [-0.05, 0) is 118 Å². The summed E-state index contributed by atoms with van der Waals surface area (Å²) in [4.78, 5) is 86.3. The predicted octanol–water partition coefficient (Wildman–Crippen LogP) is 10.4. The van der Waals surface area contributed by atoms with Crippen molar-refractivity contribution in [2.75, 3.05) is 26.2 Å². The summed E-state index contributed by atoms with van der Waals surface area (Å²) in [5, 5.41) is 19.5. The van der Waals surface area contributed by atoms with Crippen LogP contribution in [0.25, 0.3) is 31.0 Å². The lowest BCUT2D eigenvalue weighted by molar-refractivity contribution is -0.384. The van der Waals surface area contributed by atoms with Crippen molar-refractivity contribution in [1.29, 1.82) is 5.26 Å². The zero-order valence-corrected chi connectivity index (χ0v) is 46.0. The fourth-order valence-electron chi connectivity index (χ4n) is 7.49. The van der Waals surface area contributed by atoms with Gasteiger partial charge in [-0.15, -0.1) is 0 Å². The summed E-state index contributed by atoms with van der Waals surface area (Å²) in [5.41, 5.74) is 2.10. The van der Waals surface area contributed by atoms with E-state index in [4.69, 9.17) is 48.5 Å². The van der Waals surface area contributed by atoms with Crippen LogP contribution in [-0.4, -0.2) is 99.5 Å². The molecular formula is C55H56N10O10S2. The number of nitro groups is 1. The normalized spacial score (nSPS) is 17.2. The number of hydrogen-bond donors (Lipinski definition) is 0. The molecule has 4 aliphatic heterocycles. The number of sulfone groups is 1. The Morgan fingerprint density at radius 1 is 0.740 bits per heavy atom. The molecule has 22 heteroatoms. The number of nitro benzene ring substituents is 1. The molecule has 398 valence electrons. The maximum atomic E-state index is 12.2. The number of ether oxygens (including phenoxy) is 1. The Labute approximate surface area is 454 Å². The number of carbonyl (C=O) groups is 5. The quantitative estimate of drug-likeness (QED) is 0.0480. The molecule has 77 heavy (non-hydrogen) atoms. The highest BCUT2D eigenvalue weighted by atomic mass is 32.2. The number of likely N-dealkylation sites (N-methyl/N-ethyl adjacent to an activating group) is 4. The zero-order valence-electron chi connectivity index (χ0n) is 44.4. The van der Waals surface area contributed by atoms with Crippen molar-refractivity contribution in [3.05, 3.63) is 196 Å². The Kier molecular flexibility index (Phi) is 23.9. The third-order valence-electron chi connectivity index (χ3n) is 11.2. The Morgan fingerprint density at radius 2 is 1.21 bits per heavy atom. The minimum Gasteiger partial charge on any atom is -0.499 e. The van der Waals surface area contributed by atoms with Gasteiger partial charge in [-0.1, -0.05) is 60.7 Å². The molecule has 0 atom stereocenters. The average molecular weight is 1080 g/mol. The fraction of sp³-hybridized carbons (Fsp3) is 0.291. The van der Waals surface area contributed by atoms with Gasteiger partial charge in [0, 0.05) is 49.5 Å². The van der Waals surface area contributed by atoms with E-state index in [9.17, 15) is 42.5 Å². The number of nitriles is 1. The lowest BCUT2D eigenvalue weighted by Crippen LogP contribution is -2.56. The highest BCUT2D eigenvalue weighted by Crippen LogP contribution is 2.45. The van der Waals surface area contributed by atoms with Gasteiger partial charge in [-0.2, -0.15) is 9.69 Å². The van der Waals surface area contributed by atoms with Crippen molar-refractivity contribution < 1.29 is 42.1 Å². The lowest BCUT2D eigenvalue weighted by Gasteiger charge is -2.35. The van der Waals surface area contributed by atoms with Gasteiger partial charge in [0.15, 0.2) is 5.11 Å². The van der Waals surface area contributed by atoms with Crippen LogP contribution in [-0.2, 0) is 33.8 Å². The predicted molar refractivity (Wildman–Crippen MR) is 293 cm³/mol. The van der Waals surface area contributed by atoms with Crippen molar-refractivity contribution in [1.82, 2.24) is 19.6 Å². The largest absolute Gasteiger partial charge is 0.550 e. The van der Waals surface area contributed by atoms with Gasteiger partial charge in [-0.3, -0.25) is 48.9 Å². The highest BCUT2D eigenvalue weighted by molar-refractivity contribution is 7.96. The molecule has 2 aromatic rings. The van der Waals surface area contributed by atoms with E-state index in [1.165, 1.54) is 46.2 Å². The summed E-state index contributed by atoms with van der Waals surface area (Å²) in [6.07, 6.45) is 11.8. The number of imide groups is 2. The van der Waals surface area contributed by atoms with Crippen LogP contribution < -0.4 is 0 Å². The van der Waals surface area contributed by atoms with Crippen molar-refractivity contribution in [2.24, 2.45) is 0 Å². The number of rotatable bonds is 7. The van der Waals surface area contributed by atoms with E-state index >= 15 is 0 Å². The number of barbiturate groups is 1. The monoisotopic (exact) mass is 1080 g/mol. The summed E-state index contributed by atoms with van der Waals surface area (Å²) in [5.74, 6) is -1.68. The third-order valence-corrected chi connectivity index (χ3v) is 13.6. The number of non-ortho nitro benzene ring substituents is 1. The number of thiocarbonyl (C=S) groups is 1. The molecular weight excluding hydrogens is 1020 g/mol. The number of nitrogens with zero attached hydrogens (tertiary/aromatic N) is 10. The SMILES string of the molecule is C/C=C/c1ccc([N+](=O)[O-])cc1.CC=C1C(=O)N(CC)C(=O)N(CC)C1=O.CC=C1C(=O)N(CC)C(=S)N(CC)C1=O.[C-]#[N+]/C(C#N)=C1/C(=C/C)S(=O)(=O)c2ccccc21.[C-]#[N+]C([N+]#[C-])=C1OC(C)(C)C(/C=C/C)=C1[N+]#[C-]. The molecule has 6 rings (SSSR count). The summed E-state index contributed by atoms with van der Waals surface area (Å²) < 4.78 is 30.1. The maximum absolute atomic E-state index is 12.2. The lowest BCUT2D eigenvalue weighted by atomic mass is 9.98. The summed E-state index contributed by atoms with van der Waals surface area (Å²) in [6, 6.07) is 14.1. The Bertz CT molecular complexity index is 3170. The van der Waals surface area contributed by atoms with E-state index in [0.29, 0.717) is 29.3 Å². The van der Waals surface area contributed by atoms with Gasteiger partial charge in [0.25, 0.3) is 35.0 Å². The molecule has 0 spiro atoms. The second-order valence-corrected chi connectivity index (χ2v) is 18.2. The van der Waals surface area contributed by atoms with Crippen LogP contribution in [0.1, 0.15) is 87.3 Å². The molecule has 0 aromatic heterocycles. The van der Waals surface area contributed by atoms with E-state index in [2.05, 4.69) is 19.4 Å². The van der Waals surface area contributed by atoms with E-state index in [1.54, 1.807) is 77.1 Å². The standard InChI is InChI=1S/C13H11N3O.C13H8N2O2S.C10H14N2O3.C10H14N2O2S.C9H9NO2/c1-7-8-9-10(14-4)11(12(15-5)16-6)17-13(9,2)3;1-3-11-13(10(8-14)15-2)9-6-4-5-7-12(9)18(11,16)17;2*1-4-7-8(13)11(5-2)10(15)12(6-3)9(7)14;1-2-3-8-4-6-9(7-5-8)10(11)12/h7-8H,1-3H3;3-7H,1H3;2*4H,5-6H2,1-3H3;2-7H,1H3/b8-7+;11-3-,13-10+;;;3-2+. The number of hydrogen-bond acceptors (Lipinski definition) is 12. The molecule has 0 bridgehead atoms. The van der Waals surface area contributed by atoms with Crippen LogP contribution in [0.3, 0.4) is 0 Å². The minimum absolute atomic E-state index is 0.0382. The molecule has 0 saturated carbocycles. The molecule has 0 aliphatic carbocycles. The van der Waals surface area contributed by atoms with Gasteiger partial charge in [-0.25, -0.2) is 28.2 Å². The Hall–Kier alpha value is -9.40. The molecule has 0 unspecified atom stereocenters. The molecule has 4 heterocycles. The van der Waals surface area contributed by atoms with Crippen LogP contribution in [0.15, 0.2) is 134 Å². The van der Waals surface area contributed by atoms with Crippen molar-refractivity contribution in [2.45, 2.75) is 86.7 Å². The van der Waals surface area contributed by atoms with Crippen LogP contribution in [0, 0.1) is 47.7 Å². The van der Waals surface area contributed by atoms with E-state index in [0.717, 1.165) is 15.4 Å². The number of fused-ring (bicyclic) bond motifs is 1. The van der Waals surface area contributed by atoms with Crippen molar-refractivity contribution in [3.8, 4) is 6.07 Å². The minimum atomic E-state index is -3.60. The number of amides is 6. The maximum Gasteiger partial charge on any atom is 0.550 e. The van der Waals surface area contributed by atoms with Crippen LogP contribution in [0.4, 0.5) is 10.5 Å². The number of benzene rings is 2. The molecule has 0 radical (unpaired) electrons. The first-order valence-electron chi connectivity index (χ1n) is 23.5. The van der Waals surface area contributed by atoms with E-state index in [1.807, 2.05) is 59.8 Å². The molecule has 4 aliphatic rings. The summed E-state index contributed by atoms with van der Waals surface area (Å²) in [6.45, 7) is 48.8. The fourth-order valence-corrected chi connectivity index (χ4v) is 9.65. The smallest absolute Gasteiger partial charge is 0.499 e. The van der Waals surface area contributed by atoms with Crippen molar-refractivity contribution in [3.63, 3.8) is 0 Å². The molecule has 20 nitrogen and oxygen atoms in total. The average Bonchev–Trinajstić information content (AvgIpc) is 3.80. The number of carbonyl (C=O) groups excluding carboxylic acids is 5. The van der Waals surface area contributed by atoms with Crippen LogP contribution in [0.2, 0.25) is 0 Å².